The molecule has 1 heterocycles. The Morgan fingerprint density at radius 1 is 0.921 bits per heavy atom. The highest BCUT2D eigenvalue weighted by Crippen LogP contribution is 2.28. The van der Waals surface area contributed by atoms with Gasteiger partial charge in [0.05, 0.1) is 20.8 Å². The minimum absolute atomic E-state index is 0.0181. The van der Waals surface area contributed by atoms with E-state index in [1.807, 2.05) is 54.3 Å². The third-order valence-electron chi connectivity index (χ3n) is 6.36. The number of thiophene rings is 1. The molecular weight excluding hydrogens is 498 g/mol. The van der Waals surface area contributed by atoms with Gasteiger partial charge < -0.3 is 24.6 Å². The van der Waals surface area contributed by atoms with Gasteiger partial charge in [-0.05, 0) is 67.6 Å². The smallest absolute Gasteiger partial charge is 0.322 e. The van der Waals surface area contributed by atoms with Gasteiger partial charge in [-0.1, -0.05) is 38.1 Å². The molecule has 0 unspecified atom stereocenters. The van der Waals surface area contributed by atoms with Gasteiger partial charge >= 0.3 is 6.03 Å². The zero-order valence-corrected chi connectivity index (χ0v) is 23.9. The maximum atomic E-state index is 13.6. The second-order valence-electron chi connectivity index (χ2n) is 9.13. The first kappa shape index (κ1) is 29.0. The van der Waals surface area contributed by atoms with Crippen LogP contribution in [0.2, 0.25) is 0 Å². The van der Waals surface area contributed by atoms with Crippen molar-refractivity contribution in [1.82, 2.24) is 9.80 Å². The molecule has 3 rings (SSSR count). The summed E-state index contributed by atoms with van der Waals surface area (Å²) in [5.41, 5.74) is 2.89. The van der Waals surface area contributed by atoms with Crippen LogP contribution in [0.1, 0.15) is 41.1 Å². The summed E-state index contributed by atoms with van der Waals surface area (Å²) in [6, 6.07) is 17.5. The van der Waals surface area contributed by atoms with E-state index in [0.29, 0.717) is 37.6 Å². The molecule has 38 heavy (non-hydrogen) atoms. The SMILES string of the molecule is CCCN(CC(=O)N(CCc1ccc(OC)c(OC)c1)Cc1ccc(C)s1)C(=O)Nc1ccccc1CC. The van der Waals surface area contributed by atoms with Crippen molar-refractivity contribution in [2.24, 2.45) is 0 Å². The van der Waals surface area contributed by atoms with Gasteiger partial charge in [0.1, 0.15) is 6.54 Å². The van der Waals surface area contributed by atoms with Crippen molar-refractivity contribution in [2.75, 3.05) is 39.2 Å². The second-order valence-corrected chi connectivity index (χ2v) is 10.5. The number of methoxy groups -OCH3 is 2. The third kappa shape index (κ3) is 7.99. The fraction of sp³-hybridized carbons (Fsp3) is 0.400. The van der Waals surface area contributed by atoms with E-state index in [9.17, 15) is 9.59 Å². The zero-order valence-electron chi connectivity index (χ0n) is 23.1. The minimum atomic E-state index is -0.257. The van der Waals surface area contributed by atoms with E-state index in [1.165, 1.54) is 4.88 Å². The van der Waals surface area contributed by atoms with Gasteiger partial charge in [-0.25, -0.2) is 4.79 Å². The van der Waals surface area contributed by atoms with Crippen molar-refractivity contribution in [3.63, 3.8) is 0 Å². The van der Waals surface area contributed by atoms with Crippen LogP contribution in [0.25, 0.3) is 0 Å². The lowest BCUT2D eigenvalue weighted by Crippen LogP contribution is -2.45. The lowest BCUT2D eigenvalue weighted by Gasteiger charge is -2.28. The molecule has 1 aromatic heterocycles. The van der Waals surface area contributed by atoms with Crippen molar-refractivity contribution in [3.05, 3.63) is 75.5 Å². The maximum Gasteiger partial charge on any atom is 0.322 e. The normalized spacial score (nSPS) is 10.7. The molecule has 0 bridgehead atoms. The molecule has 0 saturated carbocycles. The molecule has 0 spiro atoms. The minimum Gasteiger partial charge on any atom is -0.493 e. The molecule has 0 atom stereocenters. The van der Waals surface area contributed by atoms with Crippen molar-refractivity contribution >= 4 is 29.0 Å². The number of benzene rings is 2. The summed E-state index contributed by atoms with van der Waals surface area (Å²) in [5.74, 6) is 1.25. The van der Waals surface area contributed by atoms with E-state index < -0.39 is 0 Å². The maximum absolute atomic E-state index is 13.6. The van der Waals surface area contributed by atoms with Crippen molar-refractivity contribution < 1.29 is 19.1 Å². The number of carbonyl (C=O) groups is 2. The summed E-state index contributed by atoms with van der Waals surface area (Å²) in [4.78, 5) is 32.6. The molecular formula is C30H39N3O4S. The topological polar surface area (TPSA) is 71.1 Å². The molecule has 8 heteroatoms. The van der Waals surface area contributed by atoms with E-state index in [4.69, 9.17) is 9.47 Å². The van der Waals surface area contributed by atoms with Crippen LogP contribution in [0, 0.1) is 6.92 Å². The lowest BCUT2D eigenvalue weighted by atomic mass is 10.1. The number of para-hydroxylation sites is 1. The number of rotatable bonds is 13. The Morgan fingerprint density at radius 3 is 2.34 bits per heavy atom. The van der Waals surface area contributed by atoms with Crippen molar-refractivity contribution in [3.8, 4) is 11.5 Å². The van der Waals surface area contributed by atoms with Crippen molar-refractivity contribution in [2.45, 2.75) is 46.6 Å². The van der Waals surface area contributed by atoms with Gasteiger partial charge in [-0.3, -0.25) is 4.79 Å². The largest absolute Gasteiger partial charge is 0.493 e. The highest BCUT2D eigenvalue weighted by Gasteiger charge is 2.22. The Kier molecular flexibility index (Phi) is 11.0. The van der Waals surface area contributed by atoms with E-state index in [2.05, 4.69) is 31.3 Å². The lowest BCUT2D eigenvalue weighted by molar-refractivity contribution is -0.132. The molecule has 0 aliphatic carbocycles. The fourth-order valence-corrected chi connectivity index (χ4v) is 5.19. The molecule has 1 N–H and O–H groups in total. The van der Waals surface area contributed by atoms with E-state index in [0.717, 1.165) is 34.5 Å². The summed E-state index contributed by atoms with van der Waals surface area (Å²) in [5, 5.41) is 3.02. The molecule has 204 valence electrons. The average molecular weight is 538 g/mol. The van der Waals surface area contributed by atoms with Gasteiger partial charge in [-0.15, -0.1) is 11.3 Å². The molecule has 3 aromatic rings. The van der Waals surface area contributed by atoms with Gasteiger partial charge in [0, 0.05) is 28.5 Å². The Labute approximate surface area is 230 Å². The van der Waals surface area contributed by atoms with E-state index in [-0.39, 0.29) is 18.5 Å². The van der Waals surface area contributed by atoms with Crippen LogP contribution in [-0.4, -0.2) is 55.6 Å². The van der Waals surface area contributed by atoms with Gasteiger partial charge in [-0.2, -0.15) is 0 Å². The standard InChI is InChI=1S/C30H39N3O4S/c1-6-17-33(30(35)31-26-11-9-8-10-24(26)7-2)21-29(34)32(20-25-14-12-22(3)38-25)18-16-23-13-15-27(36-4)28(19-23)37-5/h8-15,19H,6-7,16-18,20-21H2,1-5H3,(H,31,35). The number of amides is 3. The average Bonchev–Trinajstić information content (AvgIpc) is 3.35. The van der Waals surface area contributed by atoms with E-state index in [1.54, 1.807) is 30.5 Å². The van der Waals surface area contributed by atoms with Crippen LogP contribution in [0.15, 0.2) is 54.6 Å². The predicted octanol–water partition coefficient (Wildman–Crippen LogP) is 6.15. The number of nitrogens with zero attached hydrogens (tertiary/aromatic N) is 2. The molecule has 0 aliphatic rings. The summed E-state index contributed by atoms with van der Waals surface area (Å²) in [6.45, 7) is 7.66. The molecule has 0 saturated heterocycles. The highest BCUT2D eigenvalue weighted by molar-refractivity contribution is 7.11. The first-order chi connectivity index (χ1) is 18.4. The van der Waals surface area contributed by atoms with Crippen LogP contribution in [0.4, 0.5) is 10.5 Å². The number of hydrogen-bond donors (Lipinski definition) is 1. The van der Waals surface area contributed by atoms with Crippen molar-refractivity contribution in [1.29, 1.82) is 0 Å². The van der Waals surface area contributed by atoms with Crippen LogP contribution in [0.5, 0.6) is 11.5 Å². The number of nitrogens with one attached hydrogen (secondary N) is 1. The first-order valence-corrected chi connectivity index (χ1v) is 13.9. The van der Waals surface area contributed by atoms with Crippen LogP contribution in [0.3, 0.4) is 0 Å². The van der Waals surface area contributed by atoms with E-state index >= 15 is 0 Å². The quantitative estimate of drug-likeness (QED) is 0.284. The zero-order chi connectivity index (χ0) is 27.5. The Balaban J connectivity index is 1.75. The van der Waals surface area contributed by atoms with Gasteiger partial charge in [0.15, 0.2) is 11.5 Å². The number of carbonyl (C=O) groups excluding carboxylic acids is 2. The predicted molar refractivity (Wildman–Crippen MR) is 154 cm³/mol. The van der Waals surface area contributed by atoms with Gasteiger partial charge in [0.2, 0.25) is 5.91 Å². The second kappa shape index (κ2) is 14.4. The first-order valence-electron chi connectivity index (χ1n) is 13.1. The van der Waals surface area contributed by atoms with Crippen LogP contribution >= 0.6 is 11.3 Å². The number of ether oxygens (including phenoxy) is 2. The van der Waals surface area contributed by atoms with Gasteiger partial charge in [0.25, 0.3) is 0 Å². The summed E-state index contributed by atoms with van der Waals surface area (Å²) in [6.07, 6.45) is 2.22. The molecule has 0 fully saturated rings. The Morgan fingerprint density at radius 2 is 1.68 bits per heavy atom. The molecule has 2 aromatic carbocycles. The van der Waals surface area contributed by atoms with Crippen LogP contribution in [-0.2, 0) is 24.2 Å². The number of aryl methyl sites for hydroxylation is 2. The fourth-order valence-electron chi connectivity index (χ4n) is 4.28. The highest BCUT2D eigenvalue weighted by atomic mass is 32.1. The molecule has 3 amide bonds. The molecule has 0 radical (unpaired) electrons. The summed E-state index contributed by atoms with van der Waals surface area (Å²) in [7, 11) is 3.23. The Hall–Kier alpha value is -3.52. The Bertz CT molecular complexity index is 1210. The number of hydrogen-bond acceptors (Lipinski definition) is 5. The molecule has 0 aliphatic heterocycles. The number of anilines is 1. The monoisotopic (exact) mass is 537 g/mol. The summed E-state index contributed by atoms with van der Waals surface area (Å²) >= 11 is 1.68. The summed E-state index contributed by atoms with van der Waals surface area (Å²) < 4.78 is 10.8. The number of urea groups is 1. The van der Waals surface area contributed by atoms with Crippen LogP contribution < -0.4 is 14.8 Å². The third-order valence-corrected chi connectivity index (χ3v) is 7.35. The molecule has 7 nitrogen and oxygen atoms in total.